The zero-order valence-corrected chi connectivity index (χ0v) is 21.7. The molecule has 7 nitrogen and oxygen atoms in total. The van der Waals surface area contributed by atoms with Gasteiger partial charge in [0.15, 0.2) is 4.80 Å². The molecule has 0 atom stereocenters. The van der Waals surface area contributed by atoms with Crippen LogP contribution in [-0.2, 0) is 21.3 Å². The lowest BCUT2D eigenvalue weighted by molar-refractivity contribution is 0.0363. The molecule has 9 heteroatoms. The monoisotopic (exact) mass is 512 g/mol. The average Bonchev–Trinajstić information content (AvgIpc) is 3.56. The lowest BCUT2D eigenvalue weighted by Crippen LogP contribution is -2.39. The summed E-state index contributed by atoms with van der Waals surface area (Å²) in [5.41, 5.74) is 4.18. The molecular formula is C26H32N4O3S2. The van der Waals surface area contributed by atoms with Gasteiger partial charge in [0.1, 0.15) is 0 Å². The van der Waals surface area contributed by atoms with E-state index in [1.165, 1.54) is 5.56 Å². The Morgan fingerprint density at radius 2 is 1.60 bits per heavy atom. The quantitative estimate of drug-likeness (QED) is 0.482. The van der Waals surface area contributed by atoms with Crippen molar-refractivity contribution in [3.63, 3.8) is 0 Å². The number of ether oxygens (including phenoxy) is 1. The molecule has 5 rings (SSSR count). The fraction of sp³-hybridized carbons (Fsp3) is 0.423. The van der Waals surface area contributed by atoms with E-state index >= 15 is 0 Å². The van der Waals surface area contributed by atoms with Crippen LogP contribution < -0.4 is 4.80 Å². The summed E-state index contributed by atoms with van der Waals surface area (Å²) in [5, 5.41) is 2.12. The maximum absolute atomic E-state index is 13.0. The van der Waals surface area contributed by atoms with Crippen LogP contribution in [0.1, 0.15) is 18.4 Å². The molecule has 1 aromatic heterocycles. The number of nitrogens with zero attached hydrogens (tertiary/aromatic N) is 4. The highest BCUT2D eigenvalue weighted by Crippen LogP contribution is 2.26. The molecular weight excluding hydrogens is 480 g/mol. The van der Waals surface area contributed by atoms with Crippen molar-refractivity contribution < 1.29 is 13.2 Å². The fourth-order valence-electron chi connectivity index (χ4n) is 4.54. The molecule has 3 aromatic rings. The van der Waals surface area contributed by atoms with Gasteiger partial charge in [0.25, 0.3) is 0 Å². The van der Waals surface area contributed by atoms with Crippen LogP contribution in [0.5, 0.6) is 0 Å². The van der Waals surface area contributed by atoms with Gasteiger partial charge in [0.2, 0.25) is 10.0 Å². The number of rotatable bonds is 7. The van der Waals surface area contributed by atoms with E-state index < -0.39 is 10.0 Å². The third-order valence-corrected chi connectivity index (χ3v) is 9.43. The molecule has 0 bridgehead atoms. The summed E-state index contributed by atoms with van der Waals surface area (Å²) in [5.74, 6) is 0. The predicted molar refractivity (Wildman–Crippen MR) is 139 cm³/mol. The largest absolute Gasteiger partial charge is 0.379 e. The number of aryl methyl sites for hydroxylation is 1. The number of hydrogen-bond acceptors (Lipinski definition) is 6. The minimum atomic E-state index is -3.42. The number of hydrogen-bond donors (Lipinski definition) is 0. The Kier molecular flexibility index (Phi) is 7.50. The molecule has 0 spiro atoms. The molecule has 0 aliphatic carbocycles. The van der Waals surface area contributed by atoms with E-state index in [1.807, 2.05) is 24.3 Å². The zero-order chi connectivity index (χ0) is 24.3. The molecule has 0 N–H and O–H groups in total. The van der Waals surface area contributed by atoms with Crippen LogP contribution in [0.2, 0.25) is 0 Å². The van der Waals surface area contributed by atoms with Gasteiger partial charge in [-0.2, -0.15) is 4.31 Å². The van der Waals surface area contributed by atoms with E-state index in [2.05, 4.69) is 33.9 Å². The van der Waals surface area contributed by atoms with Gasteiger partial charge in [-0.3, -0.25) is 4.90 Å². The molecule has 35 heavy (non-hydrogen) atoms. The molecule has 186 valence electrons. The van der Waals surface area contributed by atoms with E-state index in [9.17, 15) is 8.42 Å². The highest BCUT2D eigenvalue weighted by Gasteiger charge is 2.27. The molecule has 0 saturated carbocycles. The second-order valence-electron chi connectivity index (χ2n) is 9.09. The minimum absolute atomic E-state index is 0.364. The second kappa shape index (κ2) is 10.8. The molecule has 0 amide bonds. The first-order valence-electron chi connectivity index (χ1n) is 12.2. The van der Waals surface area contributed by atoms with E-state index in [0.717, 1.165) is 74.0 Å². The third kappa shape index (κ3) is 5.59. The van der Waals surface area contributed by atoms with Gasteiger partial charge in [-0.1, -0.05) is 29.8 Å². The summed E-state index contributed by atoms with van der Waals surface area (Å²) >= 11 is 1.61. The van der Waals surface area contributed by atoms with Gasteiger partial charge in [-0.05, 0) is 49.6 Å². The number of sulfonamides is 1. The summed E-state index contributed by atoms with van der Waals surface area (Å²) in [6.07, 6.45) is 1.87. The Bertz CT molecular complexity index is 1300. The van der Waals surface area contributed by atoms with E-state index in [0.29, 0.717) is 18.0 Å². The maximum Gasteiger partial charge on any atom is 0.243 e. The van der Waals surface area contributed by atoms with Crippen LogP contribution in [-0.4, -0.2) is 68.1 Å². The van der Waals surface area contributed by atoms with Crippen molar-refractivity contribution in [3.05, 3.63) is 64.3 Å². The first kappa shape index (κ1) is 24.4. The summed E-state index contributed by atoms with van der Waals surface area (Å²) in [6.45, 7) is 8.43. The summed E-state index contributed by atoms with van der Waals surface area (Å²) < 4.78 is 35.2. The Morgan fingerprint density at radius 3 is 2.29 bits per heavy atom. The van der Waals surface area contributed by atoms with Crippen molar-refractivity contribution in [2.75, 3.05) is 45.9 Å². The first-order valence-corrected chi connectivity index (χ1v) is 14.5. The summed E-state index contributed by atoms with van der Waals surface area (Å²) in [4.78, 5) is 8.65. The van der Waals surface area contributed by atoms with Crippen molar-refractivity contribution >= 4 is 27.0 Å². The van der Waals surface area contributed by atoms with Gasteiger partial charge < -0.3 is 9.30 Å². The van der Waals surface area contributed by atoms with Crippen molar-refractivity contribution in [1.82, 2.24) is 13.8 Å². The molecule has 3 heterocycles. The molecule has 2 saturated heterocycles. The Morgan fingerprint density at radius 1 is 0.914 bits per heavy atom. The van der Waals surface area contributed by atoms with Crippen LogP contribution in [0.15, 0.2) is 63.8 Å². The van der Waals surface area contributed by atoms with Crippen LogP contribution in [0.25, 0.3) is 11.3 Å². The Labute approximate surface area is 211 Å². The number of thiazole rings is 1. The maximum atomic E-state index is 13.0. The van der Waals surface area contributed by atoms with Crippen LogP contribution >= 0.6 is 11.3 Å². The number of benzene rings is 2. The van der Waals surface area contributed by atoms with E-state index in [-0.39, 0.29) is 0 Å². The SMILES string of the molecule is Cc1ccc(N=c2scc(-c3ccc(S(=O)(=O)N4CCCC4)cc3)n2CCN2CCOCC2)cc1. The first-order chi connectivity index (χ1) is 17.0. The molecule has 0 unspecified atom stereocenters. The Hall–Kier alpha value is -2.30. The molecule has 2 aliphatic rings. The van der Waals surface area contributed by atoms with Gasteiger partial charge in [0.05, 0.1) is 29.5 Å². The van der Waals surface area contributed by atoms with Gasteiger partial charge in [-0.25, -0.2) is 13.4 Å². The van der Waals surface area contributed by atoms with Crippen LogP contribution in [0, 0.1) is 6.92 Å². The molecule has 2 aromatic carbocycles. The van der Waals surface area contributed by atoms with Gasteiger partial charge >= 0.3 is 0 Å². The predicted octanol–water partition coefficient (Wildman–Crippen LogP) is 3.87. The average molecular weight is 513 g/mol. The normalized spacial score (nSPS) is 18.4. The zero-order valence-electron chi connectivity index (χ0n) is 20.1. The van der Waals surface area contributed by atoms with Crippen molar-refractivity contribution in [1.29, 1.82) is 0 Å². The van der Waals surface area contributed by atoms with E-state index in [4.69, 9.17) is 9.73 Å². The van der Waals surface area contributed by atoms with Gasteiger partial charge in [0, 0.05) is 44.6 Å². The molecule has 2 fully saturated rings. The fourth-order valence-corrected chi connectivity index (χ4v) is 7.01. The summed E-state index contributed by atoms with van der Waals surface area (Å²) in [7, 11) is -3.42. The van der Waals surface area contributed by atoms with Crippen LogP contribution in [0.4, 0.5) is 5.69 Å². The van der Waals surface area contributed by atoms with Gasteiger partial charge in [-0.15, -0.1) is 11.3 Å². The van der Waals surface area contributed by atoms with Crippen molar-refractivity contribution in [3.8, 4) is 11.3 Å². The minimum Gasteiger partial charge on any atom is -0.379 e. The molecule has 0 radical (unpaired) electrons. The van der Waals surface area contributed by atoms with E-state index in [1.54, 1.807) is 27.8 Å². The highest BCUT2D eigenvalue weighted by atomic mass is 32.2. The molecule has 2 aliphatic heterocycles. The third-order valence-electron chi connectivity index (χ3n) is 6.65. The van der Waals surface area contributed by atoms with Crippen LogP contribution in [0.3, 0.4) is 0 Å². The highest BCUT2D eigenvalue weighted by molar-refractivity contribution is 7.89. The number of morpholine rings is 1. The summed E-state index contributed by atoms with van der Waals surface area (Å²) in [6, 6.07) is 15.6. The second-order valence-corrected chi connectivity index (χ2v) is 11.9. The lowest BCUT2D eigenvalue weighted by atomic mass is 10.2. The topological polar surface area (TPSA) is 67.1 Å². The van der Waals surface area contributed by atoms with Crippen molar-refractivity contribution in [2.24, 2.45) is 4.99 Å². The number of aromatic nitrogens is 1. The van der Waals surface area contributed by atoms with Crippen molar-refractivity contribution in [2.45, 2.75) is 31.2 Å². The smallest absolute Gasteiger partial charge is 0.243 e. The standard InChI is InChI=1S/C26H32N4O3S2/c1-21-4-8-23(9-5-21)27-26-30(15-14-28-16-18-33-19-17-28)25(20-34-26)22-6-10-24(11-7-22)35(31,32)29-12-2-3-13-29/h4-11,20H,2-3,12-19H2,1H3. The Balaban J connectivity index is 1.46. The lowest BCUT2D eigenvalue weighted by Gasteiger charge is -2.26.